The van der Waals surface area contributed by atoms with Crippen molar-refractivity contribution >= 4 is 34.8 Å². The molecular weight excluding hydrogens is 271 g/mol. The van der Waals surface area contributed by atoms with E-state index in [1.54, 1.807) is 42.7 Å². The van der Waals surface area contributed by atoms with Crippen LogP contribution in [0.25, 0.3) is 0 Å². The largest absolute Gasteiger partial charge is 0.324 e. The van der Waals surface area contributed by atoms with Gasteiger partial charge in [-0.15, -0.1) is 0 Å². The number of hydrogen-bond donors (Lipinski definition) is 1. The molecule has 0 unspecified atom stereocenters. The van der Waals surface area contributed by atoms with Gasteiger partial charge < -0.3 is 5.32 Å². The Labute approximate surface area is 115 Å². The van der Waals surface area contributed by atoms with Crippen LogP contribution in [0.3, 0.4) is 0 Å². The predicted octanol–water partition coefficient (Wildman–Crippen LogP) is 3.57. The fourth-order valence-electron chi connectivity index (χ4n) is 1.47. The second-order valence-corrected chi connectivity index (χ2v) is 4.55. The molecule has 0 aliphatic heterocycles. The zero-order valence-electron chi connectivity index (χ0n) is 9.36. The molecular formula is C13H10Cl2N2O. The van der Waals surface area contributed by atoms with Gasteiger partial charge in [-0.1, -0.05) is 23.2 Å². The van der Waals surface area contributed by atoms with Crippen LogP contribution in [0.1, 0.15) is 5.56 Å². The number of rotatable bonds is 3. The molecule has 0 bridgehead atoms. The molecule has 18 heavy (non-hydrogen) atoms. The first-order valence-corrected chi connectivity index (χ1v) is 6.04. The minimum Gasteiger partial charge on any atom is -0.324 e. The Balaban J connectivity index is 2.05. The van der Waals surface area contributed by atoms with Gasteiger partial charge in [-0.25, -0.2) is 0 Å². The summed E-state index contributed by atoms with van der Waals surface area (Å²) in [5.41, 5.74) is 1.41. The summed E-state index contributed by atoms with van der Waals surface area (Å²) in [5, 5.41) is 3.71. The number of anilines is 1. The van der Waals surface area contributed by atoms with Gasteiger partial charge in [0.2, 0.25) is 5.91 Å². The number of nitrogens with one attached hydrogen (secondary N) is 1. The zero-order valence-corrected chi connectivity index (χ0v) is 10.9. The van der Waals surface area contributed by atoms with Gasteiger partial charge >= 0.3 is 0 Å². The summed E-state index contributed by atoms with van der Waals surface area (Å²) in [6.45, 7) is 0. The molecule has 2 rings (SSSR count). The number of nitrogens with zero attached hydrogens (tertiary/aromatic N) is 1. The minimum atomic E-state index is -0.148. The molecule has 1 heterocycles. The highest BCUT2D eigenvalue weighted by molar-refractivity contribution is 6.35. The molecule has 5 heteroatoms. The van der Waals surface area contributed by atoms with Crippen LogP contribution in [0.15, 0.2) is 42.7 Å². The van der Waals surface area contributed by atoms with E-state index >= 15 is 0 Å². The molecule has 0 radical (unpaired) electrons. The summed E-state index contributed by atoms with van der Waals surface area (Å²) in [7, 11) is 0. The first-order valence-electron chi connectivity index (χ1n) is 5.29. The van der Waals surface area contributed by atoms with Gasteiger partial charge in [0.05, 0.1) is 17.1 Å². The van der Waals surface area contributed by atoms with Crippen molar-refractivity contribution in [3.05, 3.63) is 58.3 Å². The molecule has 1 N–H and O–H groups in total. The van der Waals surface area contributed by atoms with E-state index in [4.69, 9.17) is 23.2 Å². The number of pyridine rings is 1. The Morgan fingerprint density at radius 1 is 1.17 bits per heavy atom. The second-order valence-electron chi connectivity index (χ2n) is 3.70. The number of halogens is 2. The standard InChI is InChI=1S/C13H10Cl2N2O/c14-10-1-2-11(15)12(8-10)17-13(18)7-9-3-5-16-6-4-9/h1-6,8H,7H2,(H,17,18). The Morgan fingerprint density at radius 3 is 2.61 bits per heavy atom. The highest BCUT2D eigenvalue weighted by Gasteiger charge is 2.07. The fraction of sp³-hybridized carbons (Fsp3) is 0.0769. The maximum atomic E-state index is 11.8. The number of hydrogen-bond acceptors (Lipinski definition) is 2. The van der Waals surface area contributed by atoms with Gasteiger partial charge in [0.15, 0.2) is 0 Å². The average Bonchev–Trinajstić information content (AvgIpc) is 2.35. The Morgan fingerprint density at radius 2 is 1.89 bits per heavy atom. The molecule has 3 nitrogen and oxygen atoms in total. The first kappa shape index (κ1) is 12.9. The highest BCUT2D eigenvalue weighted by Crippen LogP contribution is 2.25. The first-order chi connectivity index (χ1) is 8.65. The van der Waals surface area contributed by atoms with E-state index in [9.17, 15) is 4.79 Å². The predicted molar refractivity (Wildman–Crippen MR) is 73.0 cm³/mol. The van der Waals surface area contributed by atoms with Crippen molar-refractivity contribution in [2.24, 2.45) is 0 Å². The van der Waals surface area contributed by atoms with Crippen LogP contribution in [-0.4, -0.2) is 10.9 Å². The molecule has 0 saturated carbocycles. The summed E-state index contributed by atoms with van der Waals surface area (Å²) in [6.07, 6.45) is 3.56. The van der Waals surface area contributed by atoms with E-state index in [0.29, 0.717) is 15.7 Å². The van der Waals surface area contributed by atoms with Gasteiger partial charge in [0, 0.05) is 17.4 Å². The number of benzene rings is 1. The van der Waals surface area contributed by atoms with E-state index in [1.165, 1.54) is 0 Å². The van der Waals surface area contributed by atoms with Gasteiger partial charge in [-0.2, -0.15) is 0 Å². The Bertz CT molecular complexity index is 558. The Kier molecular flexibility index (Phi) is 4.18. The third-order valence-electron chi connectivity index (χ3n) is 2.32. The molecule has 1 amide bonds. The van der Waals surface area contributed by atoms with Crippen molar-refractivity contribution in [3.63, 3.8) is 0 Å². The smallest absolute Gasteiger partial charge is 0.228 e. The average molecular weight is 281 g/mol. The third-order valence-corrected chi connectivity index (χ3v) is 2.88. The van der Waals surface area contributed by atoms with Gasteiger partial charge in [-0.05, 0) is 35.9 Å². The minimum absolute atomic E-state index is 0.148. The lowest BCUT2D eigenvalue weighted by atomic mass is 10.2. The summed E-state index contributed by atoms with van der Waals surface area (Å²) >= 11 is 11.8. The van der Waals surface area contributed by atoms with Crippen molar-refractivity contribution in [1.82, 2.24) is 4.98 Å². The van der Waals surface area contributed by atoms with Gasteiger partial charge in [-0.3, -0.25) is 9.78 Å². The van der Waals surface area contributed by atoms with E-state index in [2.05, 4.69) is 10.3 Å². The molecule has 0 aliphatic rings. The second kappa shape index (κ2) is 5.85. The van der Waals surface area contributed by atoms with Crippen LogP contribution in [0.2, 0.25) is 10.0 Å². The fourth-order valence-corrected chi connectivity index (χ4v) is 1.81. The molecule has 0 fully saturated rings. The van der Waals surface area contributed by atoms with Crippen molar-refractivity contribution in [1.29, 1.82) is 0 Å². The van der Waals surface area contributed by atoms with Crippen LogP contribution >= 0.6 is 23.2 Å². The normalized spacial score (nSPS) is 10.1. The van der Waals surface area contributed by atoms with Crippen LogP contribution in [0.4, 0.5) is 5.69 Å². The van der Waals surface area contributed by atoms with Crippen LogP contribution in [0, 0.1) is 0 Å². The van der Waals surface area contributed by atoms with Crippen molar-refractivity contribution in [3.8, 4) is 0 Å². The van der Waals surface area contributed by atoms with Gasteiger partial charge in [0.25, 0.3) is 0 Å². The molecule has 0 spiro atoms. The van der Waals surface area contributed by atoms with E-state index < -0.39 is 0 Å². The maximum Gasteiger partial charge on any atom is 0.228 e. The van der Waals surface area contributed by atoms with Crippen molar-refractivity contribution in [2.75, 3.05) is 5.32 Å². The third kappa shape index (κ3) is 3.45. The molecule has 0 atom stereocenters. The number of aromatic nitrogens is 1. The lowest BCUT2D eigenvalue weighted by Gasteiger charge is -2.07. The monoisotopic (exact) mass is 280 g/mol. The molecule has 0 saturated heterocycles. The van der Waals surface area contributed by atoms with Crippen LogP contribution < -0.4 is 5.32 Å². The topological polar surface area (TPSA) is 42.0 Å². The maximum absolute atomic E-state index is 11.8. The number of amides is 1. The highest BCUT2D eigenvalue weighted by atomic mass is 35.5. The summed E-state index contributed by atoms with van der Waals surface area (Å²) in [5.74, 6) is -0.148. The van der Waals surface area contributed by atoms with Crippen LogP contribution in [0.5, 0.6) is 0 Å². The molecule has 92 valence electrons. The Hall–Kier alpha value is -1.58. The lowest BCUT2D eigenvalue weighted by Crippen LogP contribution is -2.14. The zero-order chi connectivity index (χ0) is 13.0. The molecule has 1 aromatic carbocycles. The summed E-state index contributed by atoms with van der Waals surface area (Å²) in [6, 6.07) is 8.51. The molecule has 1 aromatic heterocycles. The SMILES string of the molecule is O=C(Cc1ccncc1)Nc1cc(Cl)ccc1Cl. The molecule has 2 aromatic rings. The van der Waals surface area contributed by atoms with Crippen molar-refractivity contribution in [2.45, 2.75) is 6.42 Å². The van der Waals surface area contributed by atoms with E-state index in [0.717, 1.165) is 5.56 Å². The van der Waals surface area contributed by atoms with Crippen molar-refractivity contribution < 1.29 is 4.79 Å². The quantitative estimate of drug-likeness (QED) is 0.934. The summed E-state index contributed by atoms with van der Waals surface area (Å²) < 4.78 is 0. The van der Waals surface area contributed by atoms with E-state index in [1.807, 2.05) is 0 Å². The van der Waals surface area contributed by atoms with Gasteiger partial charge in [0.1, 0.15) is 0 Å². The lowest BCUT2D eigenvalue weighted by molar-refractivity contribution is -0.115. The van der Waals surface area contributed by atoms with Crippen LogP contribution in [-0.2, 0) is 11.2 Å². The summed E-state index contributed by atoms with van der Waals surface area (Å²) in [4.78, 5) is 15.7. The van der Waals surface area contributed by atoms with E-state index in [-0.39, 0.29) is 12.3 Å². The number of carbonyl (C=O) groups excluding carboxylic acids is 1. The number of carbonyl (C=O) groups is 1. The molecule has 0 aliphatic carbocycles.